The molecular weight excluding hydrogens is 422 g/mol. The average molecular weight is 464 g/mol. The fraction of sp³-hybridized carbons (Fsp3) is 0.533. The highest BCUT2D eigenvalue weighted by Gasteiger charge is 2.27. The van der Waals surface area contributed by atoms with Crippen LogP contribution in [-0.4, -0.2) is 17.6 Å². The van der Waals surface area contributed by atoms with Gasteiger partial charge in [-0.25, -0.2) is 0 Å². The Hall–Kier alpha value is -2.62. The van der Waals surface area contributed by atoms with Crippen molar-refractivity contribution >= 4 is 18.1 Å². The first-order valence-corrected chi connectivity index (χ1v) is 13.3. The molecule has 1 aliphatic carbocycles. The van der Waals surface area contributed by atoms with Gasteiger partial charge in [-0.15, -0.1) is 0 Å². The van der Waals surface area contributed by atoms with Crippen molar-refractivity contribution in [2.45, 2.75) is 84.5 Å². The number of rotatable bonds is 13. The number of carbonyl (C=O) groups is 1. The molecule has 0 amide bonds. The van der Waals surface area contributed by atoms with Crippen LogP contribution in [0, 0.1) is 11.8 Å². The lowest BCUT2D eigenvalue weighted by atomic mass is 9.80. The average Bonchev–Trinajstić information content (AvgIpc) is 2.87. The molecule has 184 valence electrons. The molecule has 0 spiro atoms. The third-order valence-corrected chi connectivity index (χ3v) is 6.72. The van der Waals surface area contributed by atoms with Gasteiger partial charge in [-0.3, -0.25) is 9.78 Å². The zero-order valence-electron chi connectivity index (χ0n) is 21.0. The first kappa shape index (κ1) is 26.0. The minimum Gasteiger partial charge on any atom is -0.492 e. The lowest BCUT2D eigenvalue weighted by Gasteiger charge is -2.27. The highest BCUT2D eigenvalue weighted by atomic mass is 16.5. The number of esters is 1. The van der Waals surface area contributed by atoms with Gasteiger partial charge in [0.25, 0.3) is 0 Å². The van der Waals surface area contributed by atoms with Gasteiger partial charge in [0.15, 0.2) is 0 Å². The SMILES string of the molecule is CCCCCOc1ccc(C=Cc2ccc(OC(=O)C3CCC(CCCCC)CC3)cc2)nc1. The zero-order valence-corrected chi connectivity index (χ0v) is 21.0. The Labute approximate surface area is 205 Å². The van der Waals surface area contributed by atoms with Crippen molar-refractivity contribution in [3.8, 4) is 11.5 Å². The van der Waals surface area contributed by atoms with E-state index < -0.39 is 0 Å². The van der Waals surface area contributed by atoms with Crippen LogP contribution in [-0.2, 0) is 4.79 Å². The van der Waals surface area contributed by atoms with Gasteiger partial charge in [0.2, 0.25) is 0 Å². The molecule has 34 heavy (non-hydrogen) atoms. The summed E-state index contributed by atoms with van der Waals surface area (Å²) in [5.74, 6) is 2.20. The van der Waals surface area contributed by atoms with Crippen molar-refractivity contribution in [1.82, 2.24) is 4.98 Å². The Morgan fingerprint density at radius 3 is 2.26 bits per heavy atom. The third-order valence-electron chi connectivity index (χ3n) is 6.72. The second-order valence-electron chi connectivity index (χ2n) is 9.51. The fourth-order valence-corrected chi connectivity index (χ4v) is 4.52. The van der Waals surface area contributed by atoms with Crippen LogP contribution in [0.15, 0.2) is 42.6 Å². The quantitative estimate of drug-likeness (QED) is 0.171. The molecular formula is C30H41NO3. The van der Waals surface area contributed by atoms with E-state index in [1.54, 1.807) is 6.20 Å². The molecule has 0 bridgehead atoms. The maximum Gasteiger partial charge on any atom is 0.314 e. The molecule has 0 atom stereocenters. The van der Waals surface area contributed by atoms with Gasteiger partial charge in [-0.2, -0.15) is 0 Å². The Morgan fingerprint density at radius 2 is 1.59 bits per heavy atom. The number of pyridine rings is 1. The van der Waals surface area contributed by atoms with Gasteiger partial charge in [-0.05, 0) is 73.9 Å². The van der Waals surface area contributed by atoms with Gasteiger partial charge in [0.1, 0.15) is 11.5 Å². The molecule has 0 saturated heterocycles. The number of hydrogen-bond acceptors (Lipinski definition) is 4. The summed E-state index contributed by atoms with van der Waals surface area (Å²) in [7, 11) is 0. The minimum absolute atomic E-state index is 0.0478. The number of hydrogen-bond donors (Lipinski definition) is 0. The standard InChI is InChI=1S/C30H41NO3/c1-3-5-7-9-24-10-15-26(16-11-24)30(32)34-28-19-13-25(14-20-28)12-17-27-18-21-29(23-31-27)33-22-8-6-4-2/h12-14,17-21,23-24,26H,3-11,15-16,22H2,1-2H3. The monoisotopic (exact) mass is 463 g/mol. The minimum atomic E-state index is -0.0727. The molecule has 0 radical (unpaired) electrons. The maximum atomic E-state index is 12.6. The largest absolute Gasteiger partial charge is 0.492 e. The van der Waals surface area contributed by atoms with Gasteiger partial charge in [0.05, 0.1) is 24.4 Å². The molecule has 1 saturated carbocycles. The van der Waals surface area contributed by atoms with Crippen molar-refractivity contribution in [2.75, 3.05) is 6.61 Å². The third kappa shape index (κ3) is 8.96. The van der Waals surface area contributed by atoms with Crippen LogP contribution in [0.3, 0.4) is 0 Å². The van der Waals surface area contributed by atoms with Crippen molar-refractivity contribution in [3.05, 3.63) is 53.9 Å². The summed E-state index contributed by atoms with van der Waals surface area (Å²) in [5, 5.41) is 0. The summed E-state index contributed by atoms with van der Waals surface area (Å²) < 4.78 is 11.4. The van der Waals surface area contributed by atoms with Gasteiger partial charge in [0, 0.05) is 0 Å². The molecule has 1 aromatic carbocycles. The fourth-order valence-electron chi connectivity index (χ4n) is 4.52. The molecule has 2 aromatic rings. The van der Waals surface area contributed by atoms with E-state index in [4.69, 9.17) is 9.47 Å². The first-order valence-electron chi connectivity index (χ1n) is 13.3. The van der Waals surface area contributed by atoms with Crippen molar-refractivity contribution < 1.29 is 14.3 Å². The lowest BCUT2D eigenvalue weighted by molar-refractivity contribution is -0.140. The van der Waals surface area contributed by atoms with Crippen molar-refractivity contribution in [3.63, 3.8) is 0 Å². The number of aromatic nitrogens is 1. The van der Waals surface area contributed by atoms with Crippen LogP contribution in [0.5, 0.6) is 11.5 Å². The summed E-state index contributed by atoms with van der Waals surface area (Å²) >= 11 is 0. The van der Waals surface area contributed by atoms with E-state index in [1.807, 2.05) is 48.6 Å². The Morgan fingerprint density at radius 1 is 0.882 bits per heavy atom. The Bertz CT molecular complexity index is 865. The van der Waals surface area contributed by atoms with Crippen LogP contribution in [0.2, 0.25) is 0 Å². The van der Waals surface area contributed by atoms with Crippen molar-refractivity contribution in [1.29, 1.82) is 0 Å². The van der Waals surface area contributed by atoms with Crippen LogP contribution < -0.4 is 9.47 Å². The van der Waals surface area contributed by atoms with Crippen LogP contribution in [0.25, 0.3) is 12.2 Å². The summed E-state index contributed by atoms with van der Waals surface area (Å²) in [6, 6.07) is 11.6. The molecule has 4 nitrogen and oxygen atoms in total. The van der Waals surface area contributed by atoms with E-state index in [0.29, 0.717) is 5.75 Å². The molecule has 0 N–H and O–H groups in total. The van der Waals surface area contributed by atoms with Crippen LogP contribution in [0.1, 0.15) is 95.7 Å². The first-order chi connectivity index (χ1) is 16.7. The van der Waals surface area contributed by atoms with Crippen LogP contribution >= 0.6 is 0 Å². The van der Waals surface area contributed by atoms with Gasteiger partial charge in [-0.1, -0.05) is 70.6 Å². The second kappa shape index (κ2) is 14.6. The number of carbonyl (C=O) groups excluding carboxylic acids is 1. The summed E-state index contributed by atoms with van der Waals surface area (Å²) in [4.78, 5) is 17.0. The van der Waals surface area contributed by atoms with E-state index in [2.05, 4.69) is 18.8 Å². The molecule has 1 aliphatic rings. The molecule has 1 fully saturated rings. The van der Waals surface area contributed by atoms with E-state index in [1.165, 1.54) is 38.5 Å². The molecule has 0 aliphatic heterocycles. The Kier molecular flexibility index (Phi) is 11.2. The number of nitrogens with zero attached hydrogens (tertiary/aromatic N) is 1. The predicted molar refractivity (Wildman–Crippen MR) is 140 cm³/mol. The molecule has 0 unspecified atom stereocenters. The smallest absolute Gasteiger partial charge is 0.314 e. The molecule has 4 heteroatoms. The van der Waals surface area contributed by atoms with Gasteiger partial charge >= 0.3 is 5.97 Å². The highest BCUT2D eigenvalue weighted by Crippen LogP contribution is 2.33. The lowest BCUT2D eigenvalue weighted by Crippen LogP contribution is -2.25. The van der Waals surface area contributed by atoms with E-state index in [9.17, 15) is 4.79 Å². The Balaban J connectivity index is 1.41. The topological polar surface area (TPSA) is 48.4 Å². The van der Waals surface area contributed by atoms with E-state index in [0.717, 1.165) is 61.6 Å². The number of benzene rings is 1. The summed E-state index contributed by atoms with van der Waals surface area (Å²) in [6.45, 7) is 5.17. The van der Waals surface area contributed by atoms with Crippen LogP contribution in [0.4, 0.5) is 0 Å². The number of unbranched alkanes of at least 4 members (excludes halogenated alkanes) is 4. The predicted octanol–water partition coefficient (Wildman–Crippen LogP) is 8.11. The van der Waals surface area contributed by atoms with Crippen molar-refractivity contribution in [2.24, 2.45) is 11.8 Å². The normalized spacial score (nSPS) is 18.2. The number of ether oxygens (including phenoxy) is 2. The van der Waals surface area contributed by atoms with E-state index >= 15 is 0 Å². The molecule has 3 rings (SSSR count). The highest BCUT2D eigenvalue weighted by molar-refractivity contribution is 5.75. The second-order valence-corrected chi connectivity index (χ2v) is 9.51. The molecule has 1 heterocycles. The maximum absolute atomic E-state index is 12.6. The van der Waals surface area contributed by atoms with E-state index in [-0.39, 0.29) is 11.9 Å². The van der Waals surface area contributed by atoms with Gasteiger partial charge < -0.3 is 9.47 Å². The molecule has 1 aromatic heterocycles. The zero-order chi connectivity index (χ0) is 24.0. The summed E-state index contributed by atoms with van der Waals surface area (Å²) in [5.41, 5.74) is 1.91. The summed E-state index contributed by atoms with van der Waals surface area (Å²) in [6.07, 6.45) is 18.7.